The summed E-state index contributed by atoms with van der Waals surface area (Å²) in [4.78, 5) is 19.8. The molecule has 0 aliphatic heterocycles. The van der Waals surface area contributed by atoms with E-state index in [1.54, 1.807) is 19.1 Å². The minimum Gasteiger partial charge on any atom is -0.307 e. The highest BCUT2D eigenvalue weighted by Gasteiger charge is 2.13. The second kappa shape index (κ2) is 4.85. The van der Waals surface area contributed by atoms with Gasteiger partial charge >= 0.3 is 0 Å². The van der Waals surface area contributed by atoms with Gasteiger partial charge in [0, 0.05) is 0 Å². The van der Waals surface area contributed by atoms with Crippen LogP contribution in [0, 0.1) is 0 Å². The summed E-state index contributed by atoms with van der Waals surface area (Å²) < 4.78 is 0. The molecule has 0 fully saturated rings. The fourth-order valence-corrected chi connectivity index (χ4v) is 1.51. The number of para-hydroxylation sites is 2. The number of nitrogens with one attached hydrogen (secondary N) is 1. The monoisotopic (exact) mass is 269 g/mol. The van der Waals surface area contributed by atoms with E-state index in [1.807, 2.05) is 12.1 Å². The number of hydrogen-bond acceptors (Lipinski definition) is 3. The van der Waals surface area contributed by atoms with Crippen LogP contribution in [0.2, 0.25) is 5.15 Å². The Kier molecular flexibility index (Phi) is 3.45. The van der Waals surface area contributed by atoms with Crippen molar-refractivity contribution in [2.24, 2.45) is 0 Å². The molecule has 2 aromatic rings. The Bertz CT molecular complexity index is 572. The van der Waals surface area contributed by atoms with Crippen molar-refractivity contribution < 1.29 is 4.79 Å². The molecule has 0 saturated carbocycles. The van der Waals surface area contributed by atoms with E-state index in [0.717, 1.165) is 0 Å². The number of carbonyl (C=O) groups is 1. The number of nitrogens with zero attached hydrogens (tertiary/aromatic N) is 2. The second-order valence-corrected chi connectivity index (χ2v) is 4.47. The minimum atomic E-state index is -0.653. The van der Waals surface area contributed by atoms with Crippen LogP contribution in [0.25, 0.3) is 11.0 Å². The Balaban J connectivity index is 2.41. The van der Waals surface area contributed by atoms with Crippen molar-refractivity contribution in [1.29, 1.82) is 0 Å². The summed E-state index contributed by atoms with van der Waals surface area (Å²) in [6.45, 7) is 1.57. The molecule has 0 radical (unpaired) electrons. The van der Waals surface area contributed by atoms with Crippen LogP contribution in [0.15, 0.2) is 24.3 Å². The van der Waals surface area contributed by atoms with Gasteiger partial charge in [-0.05, 0) is 19.1 Å². The van der Waals surface area contributed by atoms with Crippen LogP contribution in [-0.2, 0) is 4.79 Å². The van der Waals surface area contributed by atoms with Gasteiger partial charge in [0.1, 0.15) is 5.38 Å². The SMILES string of the molecule is CC(Cl)C(=O)Nc1nc2ccccc2nc1Cl. The van der Waals surface area contributed by atoms with Gasteiger partial charge in [-0.15, -0.1) is 11.6 Å². The van der Waals surface area contributed by atoms with Crippen LogP contribution in [0.3, 0.4) is 0 Å². The minimum absolute atomic E-state index is 0.148. The van der Waals surface area contributed by atoms with Crippen molar-refractivity contribution in [3.05, 3.63) is 29.4 Å². The fraction of sp³-hybridized carbons (Fsp3) is 0.182. The topological polar surface area (TPSA) is 54.9 Å². The van der Waals surface area contributed by atoms with Gasteiger partial charge < -0.3 is 5.32 Å². The average molecular weight is 270 g/mol. The number of rotatable bonds is 2. The number of alkyl halides is 1. The van der Waals surface area contributed by atoms with E-state index in [4.69, 9.17) is 23.2 Å². The van der Waals surface area contributed by atoms with Gasteiger partial charge in [0.2, 0.25) is 5.91 Å². The van der Waals surface area contributed by atoms with Crippen LogP contribution in [0.4, 0.5) is 5.82 Å². The number of hydrogen-bond donors (Lipinski definition) is 1. The number of anilines is 1. The maximum absolute atomic E-state index is 11.4. The lowest BCUT2D eigenvalue weighted by Crippen LogP contribution is -2.21. The molecule has 1 unspecified atom stereocenters. The van der Waals surface area contributed by atoms with E-state index in [-0.39, 0.29) is 16.9 Å². The highest BCUT2D eigenvalue weighted by molar-refractivity contribution is 6.34. The Morgan fingerprint density at radius 2 is 1.88 bits per heavy atom. The molecule has 2 rings (SSSR count). The standard InChI is InChI=1S/C11H9Cl2N3O/c1-6(12)11(17)16-10-9(13)14-7-4-2-3-5-8(7)15-10/h2-6H,1H3,(H,15,16,17). The molecule has 88 valence electrons. The Morgan fingerprint density at radius 3 is 2.47 bits per heavy atom. The lowest BCUT2D eigenvalue weighted by atomic mass is 10.3. The molecule has 1 heterocycles. The van der Waals surface area contributed by atoms with Gasteiger partial charge in [0.15, 0.2) is 11.0 Å². The van der Waals surface area contributed by atoms with E-state index >= 15 is 0 Å². The number of benzene rings is 1. The van der Waals surface area contributed by atoms with Crippen LogP contribution in [0.1, 0.15) is 6.92 Å². The quantitative estimate of drug-likeness (QED) is 0.853. The third-order valence-electron chi connectivity index (χ3n) is 2.13. The Labute approximate surface area is 108 Å². The predicted octanol–water partition coefficient (Wildman–Crippen LogP) is 2.85. The highest BCUT2D eigenvalue weighted by atomic mass is 35.5. The molecule has 1 aromatic heterocycles. The largest absolute Gasteiger partial charge is 0.307 e. The van der Waals surface area contributed by atoms with Crippen molar-refractivity contribution in [3.8, 4) is 0 Å². The Morgan fingerprint density at radius 1 is 1.29 bits per heavy atom. The van der Waals surface area contributed by atoms with E-state index < -0.39 is 5.38 Å². The number of carbonyl (C=O) groups excluding carboxylic acids is 1. The zero-order valence-corrected chi connectivity index (χ0v) is 10.5. The molecular formula is C11H9Cl2N3O. The van der Waals surface area contributed by atoms with E-state index in [9.17, 15) is 4.79 Å². The van der Waals surface area contributed by atoms with Gasteiger partial charge in [-0.1, -0.05) is 23.7 Å². The van der Waals surface area contributed by atoms with Gasteiger partial charge in [-0.3, -0.25) is 4.79 Å². The van der Waals surface area contributed by atoms with Gasteiger partial charge in [-0.25, -0.2) is 9.97 Å². The third-order valence-corrected chi connectivity index (χ3v) is 2.59. The maximum Gasteiger partial charge on any atom is 0.243 e. The smallest absolute Gasteiger partial charge is 0.243 e. The normalized spacial score (nSPS) is 12.4. The summed E-state index contributed by atoms with van der Waals surface area (Å²) in [6.07, 6.45) is 0. The van der Waals surface area contributed by atoms with E-state index in [1.165, 1.54) is 0 Å². The third kappa shape index (κ3) is 2.65. The van der Waals surface area contributed by atoms with E-state index in [0.29, 0.717) is 11.0 Å². The van der Waals surface area contributed by atoms with Crippen LogP contribution in [-0.4, -0.2) is 21.3 Å². The first-order chi connectivity index (χ1) is 8.08. The second-order valence-electron chi connectivity index (χ2n) is 3.46. The maximum atomic E-state index is 11.4. The number of amides is 1. The van der Waals surface area contributed by atoms with Crippen LogP contribution < -0.4 is 5.32 Å². The van der Waals surface area contributed by atoms with Crippen molar-refractivity contribution in [2.75, 3.05) is 5.32 Å². The molecule has 0 spiro atoms. The molecule has 1 aromatic carbocycles. The lowest BCUT2D eigenvalue weighted by Gasteiger charge is -2.07. The molecule has 1 N–H and O–H groups in total. The first kappa shape index (κ1) is 12.1. The van der Waals surface area contributed by atoms with E-state index in [2.05, 4.69) is 15.3 Å². The molecule has 17 heavy (non-hydrogen) atoms. The summed E-state index contributed by atoms with van der Waals surface area (Å²) in [7, 11) is 0. The molecule has 6 heteroatoms. The lowest BCUT2D eigenvalue weighted by molar-refractivity contribution is -0.115. The van der Waals surface area contributed by atoms with Crippen LogP contribution >= 0.6 is 23.2 Å². The molecule has 0 aliphatic carbocycles. The summed E-state index contributed by atoms with van der Waals surface area (Å²) >= 11 is 11.6. The van der Waals surface area contributed by atoms with Gasteiger partial charge in [0.05, 0.1) is 11.0 Å². The van der Waals surface area contributed by atoms with Gasteiger partial charge in [0.25, 0.3) is 0 Å². The highest BCUT2D eigenvalue weighted by Crippen LogP contribution is 2.21. The molecule has 0 bridgehead atoms. The van der Waals surface area contributed by atoms with Crippen molar-refractivity contribution in [3.63, 3.8) is 0 Å². The van der Waals surface area contributed by atoms with Crippen LogP contribution in [0.5, 0.6) is 0 Å². The summed E-state index contributed by atoms with van der Waals surface area (Å²) in [5.41, 5.74) is 1.34. The Hall–Kier alpha value is -1.39. The first-order valence-corrected chi connectivity index (χ1v) is 5.76. The number of halogens is 2. The zero-order chi connectivity index (χ0) is 12.4. The fourth-order valence-electron chi connectivity index (χ4n) is 1.27. The van der Waals surface area contributed by atoms with Gasteiger partial charge in [-0.2, -0.15) is 0 Å². The molecule has 4 nitrogen and oxygen atoms in total. The summed E-state index contributed by atoms with van der Waals surface area (Å²) in [5, 5.41) is 2.02. The average Bonchev–Trinajstić information content (AvgIpc) is 2.29. The first-order valence-electron chi connectivity index (χ1n) is 4.95. The number of fused-ring (bicyclic) bond motifs is 1. The van der Waals surface area contributed by atoms with Crippen molar-refractivity contribution in [1.82, 2.24) is 9.97 Å². The summed E-state index contributed by atoms with van der Waals surface area (Å²) in [6, 6.07) is 7.26. The zero-order valence-electron chi connectivity index (χ0n) is 8.95. The molecule has 1 amide bonds. The molecular weight excluding hydrogens is 261 g/mol. The summed E-state index contributed by atoms with van der Waals surface area (Å²) in [5.74, 6) is -0.138. The predicted molar refractivity (Wildman–Crippen MR) is 68.5 cm³/mol. The van der Waals surface area contributed by atoms with Crippen molar-refractivity contribution >= 4 is 46.0 Å². The molecule has 0 aliphatic rings. The van der Waals surface area contributed by atoms with Crippen molar-refractivity contribution in [2.45, 2.75) is 12.3 Å². The number of aromatic nitrogens is 2. The molecule has 1 atom stereocenters. The molecule has 0 saturated heterocycles.